The van der Waals surface area contributed by atoms with Crippen molar-refractivity contribution in [1.82, 2.24) is 4.98 Å². The molecular weight excluding hydrogens is 642 g/mol. The summed E-state index contributed by atoms with van der Waals surface area (Å²) in [4.78, 5) is 16.4. The third kappa shape index (κ3) is 7.94. The van der Waals surface area contributed by atoms with E-state index in [4.69, 9.17) is 69.7 Å². The van der Waals surface area contributed by atoms with Gasteiger partial charge in [-0.25, -0.2) is 0 Å². The Kier molecular flexibility index (Phi) is 11.3. The van der Waals surface area contributed by atoms with Gasteiger partial charge in [0.1, 0.15) is 22.6 Å². The minimum Gasteiger partial charge on any atom is -0.457 e. The molecule has 0 N–H and O–H groups in total. The first-order chi connectivity index (χ1) is 19.7. The Hall–Kier alpha value is -2.41. The van der Waals surface area contributed by atoms with E-state index in [9.17, 15) is 10.1 Å². The maximum Gasteiger partial charge on any atom is 0.381 e. The summed E-state index contributed by atoms with van der Waals surface area (Å²) in [6.45, 7) is 5.32. The van der Waals surface area contributed by atoms with Crippen LogP contribution in [0.25, 0.3) is 0 Å². The number of esters is 1. The van der Waals surface area contributed by atoms with Gasteiger partial charge in [-0.2, -0.15) is 10.2 Å². The summed E-state index contributed by atoms with van der Waals surface area (Å²) < 4.78 is 26.4. The number of ether oxygens (including phenoxy) is 2. The van der Waals surface area contributed by atoms with Crippen molar-refractivity contribution in [3.05, 3.63) is 81.4 Å². The number of nitriles is 1. The van der Waals surface area contributed by atoms with Crippen molar-refractivity contribution in [2.75, 3.05) is 14.2 Å². The number of hydrogen-bond donors (Lipinski definition) is 0. The van der Waals surface area contributed by atoms with E-state index >= 15 is 0 Å². The molecule has 0 spiro atoms. The summed E-state index contributed by atoms with van der Waals surface area (Å²) in [6.07, 6.45) is -0.950. The zero-order chi connectivity index (χ0) is 31.3. The van der Waals surface area contributed by atoms with Crippen LogP contribution in [0, 0.1) is 28.1 Å². The molecule has 2 aromatic carbocycles. The molecule has 3 aromatic rings. The lowest BCUT2D eigenvalue weighted by atomic mass is 10.0. The number of rotatable bonds is 9. The summed E-state index contributed by atoms with van der Waals surface area (Å²) in [5, 5.41) is 9.97. The van der Waals surface area contributed by atoms with Gasteiger partial charge in [-0.15, -0.1) is 0 Å². The third-order valence-electron chi connectivity index (χ3n) is 7.25. The Labute approximate surface area is 266 Å². The van der Waals surface area contributed by atoms with Crippen LogP contribution in [0.2, 0.25) is 15.2 Å². The highest BCUT2D eigenvalue weighted by Gasteiger charge is 2.69. The highest BCUT2D eigenvalue weighted by atomic mass is 35.5. The van der Waals surface area contributed by atoms with E-state index in [-0.39, 0.29) is 43.8 Å². The third-order valence-corrected chi connectivity index (χ3v) is 10.6. The highest BCUT2D eigenvalue weighted by Crippen LogP contribution is 2.68. The van der Waals surface area contributed by atoms with Gasteiger partial charge in [-0.1, -0.05) is 92.8 Å². The molecule has 1 aliphatic carbocycles. The van der Waals surface area contributed by atoms with Gasteiger partial charge in [-0.3, -0.25) is 4.79 Å². The molecule has 13 heteroatoms. The second-order valence-electron chi connectivity index (χ2n) is 10.3. The van der Waals surface area contributed by atoms with Crippen LogP contribution in [0.4, 0.5) is 0 Å². The first-order valence-corrected chi connectivity index (χ1v) is 16.2. The predicted octanol–water partition coefficient (Wildman–Crippen LogP) is 9.21. The van der Waals surface area contributed by atoms with E-state index in [1.54, 1.807) is 24.3 Å². The molecule has 0 radical (unpaired) electrons. The molecule has 1 fully saturated rings. The average molecular weight is 672 g/mol. The molecule has 1 saturated carbocycles. The molecule has 0 aliphatic heterocycles. The second-order valence-corrected chi connectivity index (χ2v) is 14.6. The zero-order valence-electron chi connectivity index (χ0n) is 23.8. The van der Waals surface area contributed by atoms with Gasteiger partial charge >= 0.3 is 12.7 Å². The molecule has 1 aliphatic rings. The lowest BCUT2D eigenvalue weighted by Gasteiger charge is -2.18. The molecule has 0 saturated heterocycles. The van der Waals surface area contributed by atoms with E-state index in [1.165, 1.54) is 20.3 Å². The molecule has 1 unspecified atom stereocenters. The minimum absolute atomic E-state index is 0.0306. The monoisotopic (exact) mass is 670 g/mol. The van der Waals surface area contributed by atoms with Crippen molar-refractivity contribution in [3.8, 4) is 23.4 Å². The molecule has 224 valence electrons. The number of carbonyl (C=O) groups is 1. The Morgan fingerprint density at radius 1 is 0.952 bits per heavy atom. The Morgan fingerprint density at radius 3 is 2.10 bits per heavy atom. The first-order valence-electron chi connectivity index (χ1n) is 12.5. The molecule has 42 heavy (non-hydrogen) atoms. The fourth-order valence-electron chi connectivity index (χ4n) is 4.25. The summed E-state index contributed by atoms with van der Waals surface area (Å²) >= 11 is 22.3. The van der Waals surface area contributed by atoms with Crippen LogP contribution in [0.3, 0.4) is 0 Å². The summed E-state index contributed by atoms with van der Waals surface area (Å²) in [5.74, 6) is 0.812. The molecule has 1 aromatic heterocycles. The Bertz CT molecular complexity index is 1490. The molecule has 0 amide bonds. The standard InChI is InChI=1S/C22H23NO3.C7H7Cl3NO3PS/c1-21(2)19(22(21,3)4)20(24)26-18(14-23)15-9-8-12-17(13-15)25-16-10-6-5-7-11-16;1-12-15(16,13-2)14-7-5(9)3-4(8)6(10)11-7/h5-13,18-19H,1-4H3;3H,1-2H3. The van der Waals surface area contributed by atoms with Gasteiger partial charge in [0, 0.05) is 31.6 Å². The van der Waals surface area contributed by atoms with E-state index in [0.29, 0.717) is 17.1 Å². The molecule has 4 rings (SSSR count). The quantitative estimate of drug-likeness (QED) is 0.125. The van der Waals surface area contributed by atoms with Crippen molar-refractivity contribution in [2.45, 2.75) is 33.8 Å². The number of aromatic nitrogens is 1. The van der Waals surface area contributed by atoms with Gasteiger partial charge < -0.3 is 23.0 Å². The predicted molar refractivity (Wildman–Crippen MR) is 167 cm³/mol. The summed E-state index contributed by atoms with van der Waals surface area (Å²) in [6, 6.07) is 20.0. The number of pyridine rings is 1. The maximum absolute atomic E-state index is 12.6. The highest BCUT2D eigenvalue weighted by molar-refractivity contribution is 8.07. The molecule has 1 heterocycles. The average Bonchev–Trinajstić information content (AvgIpc) is 3.38. The number of halogens is 3. The van der Waals surface area contributed by atoms with Crippen LogP contribution in [0.1, 0.15) is 39.4 Å². The van der Waals surface area contributed by atoms with Crippen molar-refractivity contribution < 1.29 is 27.8 Å². The normalized spacial score (nSPS) is 15.8. The minimum atomic E-state index is -2.88. The van der Waals surface area contributed by atoms with Gasteiger partial charge in [0.15, 0.2) is 5.15 Å². The Balaban J connectivity index is 0.000000260. The topological polar surface area (TPSA) is 99.9 Å². The second kappa shape index (κ2) is 13.9. The molecular formula is C29H30Cl3N2O6PS. The van der Waals surface area contributed by atoms with Crippen LogP contribution in [-0.2, 0) is 30.4 Å². The van der Waals surface area contributed by atoms with Gasteiger partial charge in [0.2, 0.25) is 12.0 Å². The summed E-state index contributed by atoms with van der Waals surface area (Å²) in [7, 11) is 2.74. The largest absolute Gasteiger partial charge is 0.457 e. The van der Waals surface area contributed by atoms with Gasteiger partial charge in [-0.05, 0) is 41.2 Å². The smallest absolute Gasteiger partial charge is 0.381 e. The van der Waals surface area contributed by atoms with Crippen molar-refractivity contribution in [2.24, 2.45) is 16.7 Å². The van der Waals surface area contributed by atoms with Crippen molar-refractivity contribution in [3.63, 3.8) is 0 Å². The lowest BCUT2D eigenvalue weighted by molar-refractivity contribution is -0.150. The Morgan fingerprint density at radius 2 is 1.55 bits per heavy atom. The number of hydrogen-bond acceptors (Lipinski definition) is 9. The van der Waals surface area contributed by atoms with Crippen LogP contribution >= 0.6 is 41.5 Å². The van der Waals surface area contributed by atoms with Crippen molar-refractivity contribution in [1.29, 1.82) is 5.26 Å². The van der Waals surface area contributed by atoms with E-state index in [0.717, 1.165) is 0 Å². The van der Waals surface area contributed by atoms with Gasteiger partial charge in [0.05, 0.1) is 10.9 Å². The van der Waals surface area contributed by atoms with Crippen LogP contribution in [0.15, 0.2) is 60.7 Å². The molecule has 8 nitrogen and oxygen atoms in total. The number of carbonyl (C=O) groups excluding carboxylic acids is 1. The molecule has 0 bridgehead atoms. The van der Waals surface area contributed by atoms with Crippen LogP contribution in [0.5, 0.6) is 17.4 Å². The SMILES string of the molecule is CC1(C)C(C(=O)OC(C#N)c2cccc(Oc3ccccc3)c2)C1(C)C.COP(=S)(OC)Oc1nc(Cl)c(Cl)cc1Cl. The first kappa shape index (κ1) is 34.1. The lowest BCUT2D eigenvalue weighted by Crippen LogP contribution is -2.15. The van der Waals surface area contributed by atoms with E-state index < -0.39 is 12.8 Å². The van der Waals surface area contributed by atoms with Crippen molar-refractivity contribution >= 4 is 59.3 Å². The fourth-order valence-corrected chi connectivity index (χ4v) is 5.70. The fraction of sp³-hybridized carbons (Fsp3) is 0.345. The van der Waals surface area contributed by atoms with E-state index in [2.05, 4.69) is 38.7 Å². The van der Waals surface area contributed by atoms with E-state index in [1.807, 2.05) is 30.3 Å². The summed E-state index contributed by atoms with van der Waals surface area (Å²) in [5.41, 5.74) is 0.357. The molecule has 1 atom stereocenters. The van der Waals surface area contributed by atoms with Gasteiger partial charge in [0.25, 0.3) is 0 Å². The number of benzene rings is 2. The van der Waals surface area contributed by atoms with Crippen LogP contribution < -0.4 is 9.26 Å². The number of nitrogens with zero attached hydrogens (tertiary/aromatic N) is 2. The number of para-hydroxylation sites is 1. The zero-order valence-corrected chi connectivity index (χ0v) is 27.7. The van der Waals surface area contributed by atoms with Crippen LogP contribution in [-0.4, -0.2) is 25.2 Å². The maximum atomic E-state index is 12.6.